The topological polar surface area (TPSA) is 90.3 Å². The summed E-state index contributed by atoms with van der Waals surface area (Å²) in [5.41, 5.74) is 3.21. The first-order valence-electron chi connectivity index (χ1n) is 9.31. The van der Waals surface area contributed by atoms with E-state index in [1.165, 1.54) is 6.33 Å². The van der Waals surface area contributed by atoms with E-state index in [9.17, 15) is 4.79 Å². The van der Waals surface area contributed by atoms with Gasteiger partial charge in [-0.3, -0.25) is 0 Å². The van der Waals surface area contributed by atoms with Gasteiger partial charge in [-0.05, 0) is 35.2 Å². The van der Waals surface area contributed by atoms with Gasteiger partial charge in [-0.2, -0.15) is 5.10 Å². The molecule has 0 aliphatic carbocycles. The standard InChI is InChI=1S/C21H25N5O3/c1-28-19-8-7-16(11-20(19)29-2)9-10-23-21(27)24-12-17-3-5-18(6-4-17)13-26-15-22-14-25-26/h3-8,11,14-15H,9-10,12-13H2,1-2H3,(H2,23,24,27). The Morgan fingerprint density at radius 3 is 2.38 bits per heavy atom. The summed E-state index contributed by atoms with van der Waals surface area (Å²) in [4.78, 5) is 16.0. The minimum Gasteiger partial charge on any atom is -0.493 e. The summed E-state index contributed by atoms with van der Waals surface area (Å²) in [6, 6.07) is 13.6. The second-order valence-corrected chi connectivity index (χ2v) is 6.46. The number of aromatic nitrogens is 3. The zero-order chi connectivity index (χ0) is 20.5. The van der Waals surface area contributed by atoms with Crippen LogP contribution in [0.3, 0.4) is 0 Å². The van der Waals surface area contributed by atoms with Crippen LogP contribution in [-0.4, -0.2) is 41.6 Å². The molecule has 0 radical (unpaired) electrons. The van der Waals surface area contributed by atoms with E-state index in [-0.39, 0.29) is 6.03 Å². The summed E-state index contributed by atoms with van der Waals surface area (Å²) >= 11 is 0. The SMILES string of the molecule is COc1ccc(CCNC(=O)NCc2ccc(Cn3cncn3)cc2)cc1OC. The van der Waals surface area contributed by atoms with Gasteiger partial charge >= 0.3 is 6.03 Å². The fourth-order valence-corrected chi connectivity index (χ4v) is 2.87. The van der Waals surface area contributed by atoms with Gasteiger partial charge in [0.2, 0.25) is 0 Å². The number of ether oxygens (including phenoxy) is 2. The Kier molecular flexibility index (Phi) is 7.05. The van der Waals surface area contributed by atoms with E-state index >= 15 is 0 Å². The summed E-state index contributed by atoms with van der Waals surface area (Å²) in [6.45, 7) is 1.66. The minimum absolute atomic E-state index is 0.197. The van der Waals surface area contributed by atoms with Crippen molar-refractivity contribution in [2.45, 2.75) is 19.5 Å². The largest absolute Gasteiger partial charge is 0.493 e. The third-order valence-corrected chi connectivity index (χ3v) is 4.43. The molecule has 0 atom stereocenters. The van der Waals surface area contributed by atoms with Crippen LogP contribution in [0.5, 0.6) is 11.5 Å². The molecule has 0 saturated carbocycles. The molecule has 0 aliphatic heterocycles. The number of carbonyl (C=O) groups is 1. The van der Waals surface area contributed by atoms with Crippen LogP contribution in [0.1, 0.15) is 16.7 Å². The van der Waals surface area contributed by atoms with E-state index in [0.717, 1.165) is 16.7 Å². The summed E-state index contributed by atoms with van der Waals surface area (Å²) in [6.07, 6.45) is 3.90. The van der Waals surface area contributed by atoms with E-state index in [0.29, 0.717) is 37.6 Å². The number of rotatable bonds is 9. The highest BCUT2D eigenvalue weighted by Gasteiger charge is 2.06. The molecule has 0 aliphatic rings. The lowest BCUT2D eigenvalue weighted by Crippen LogP contribution is -2.36. The highest BCUT2D eigenvalue weighted by atomic mass is 16.5. The average molecular weight is 395 g/mol. The number of hydrogen-bond acceptors (Lipinski definition) is 5. The van der Waals surface area contributed by atoms with Crippen LogP contribution >= 0.6 is 0 Å². The normalized spacial score (nSPS) is 10.4. The predicted molar refractivity (Wildman–Crippen MR) is 109 cm³/mol. The highest BCUT2D eigenvalue weighted by Crippen LogP contribution is 2.27. The van der Waals surface area contributed by atoms with Crippen LogP contribution in [0, 0.1) is 0 Å². The first kappa shape index (κ1) is 20.2. The van der Waals surface area contributed by atoms with E-state index in [1.54, 1.807) is 25.2 Å². The van der Waals surface area contributed by atoms with E-state index < -0.39 is 0 Å². The Bertz CT molecular complexity index is 911. The molecule has 0 saturated heterocycles. The van der Waals surface area contributed by atoms with Crippen LogP contribution in [0.25, 0.3) is 0 Å². The van der Waals surface area contributed by atoms with Gasteiger partial charge < -0.3 is 20.1 Å². The van der Waals surface area contributed by atoms with Crippen molar-refractivity contribution in [2.24, 2.45) is 0 Å². The van der Waals surface area contributed by atoms with Crippen LogP contribution in [-0.2, 0) is 19.5 Å². The van der Waals surface area contributed by atoms with Crippen molar-refractivity contribution in [3.8, 4) is 11.5 Å². The van der Waals surface area contributed by atoms with Gasteiger partial charge in [0.15, 0.2) is 11.5 Å². The van der Waals surface area contributed by atoms with Crippen molar-refractivity contribution < 1.29 is 14.3 Å². The molecule has 1 heterocycles. The van der Waals surface area contributed by atoms with Gasteiger partial charge in [-0.15, -0.1) is 0 Å². The molecule has 0 bridgehead atoms. The van der Waals surface area contributed by atoms with Gasteiger partial charge in [-0.1, -0.05) is 30.3 Å². The second kappa shape index (κ2) is 10.1. The molecule has 8 nitrogen and oxygen atoms in total. The van der Waals surface area contributed by atoms with Gasteiger partial charge in [0.05, 0.1) is 20.8 Å². The van der Waals surface area contributed by atoms with Gasteiger partial charge in [0.25, 0.3) is 0 Å². The van der Waals surface area contributed by atoms with E-state index in [4.69, 9.17) is 9.47 Å². The quantitative estimate of drug-likeness (QED) is 0.581. The lowest BCUT2D eigenvalue weighted by Gasteiger charge is -2.11. The molecule has 0 spiro atoms. The van der Waals surface area contributed by atoms with Gasteiger partial charge in [0, 0.05) is 13.1 Å². The number of hydrogen-bond donors (Lipinski definition) is 2. The molecule has 2 aromatic carbocycles. The number of amides is 2. The molecule has 1 aromatic heterocycles. The maximum Gasteiger partial charge on any atom is 0.315 e. The van der Waals surface area contributed by atoms with Crippen LogP contribution in [0.15, 0.2) is 55.1 Å². The van der Waals surface area contributed by atoms with Crippen molar-refractivity contribution in [2.75, 3.05) is 20.8 Å². The highest BCUT2D eigenvalue weighted by molar-refractivity contribution is 5.73. The van der Waals surface area contributed by atoms with Gasteiger partial charge in [-0.25, -0.2) is 14.5 Å². The Labute approximate surface area is 169 Å². The van der Waals surface area contributed by atoms with Crippen molar-refractivity contribution in [1.29, 1.82) is 0 Å². The van der Waals surface area contributed by atoms with Crippen LogP contribution < -0.4 is 20.1 Å². The van der Waals surface area contributed by atoms with Crippen LogP contribution in [0.2, 0.25) is 0 Å². The molecular weight excluding hydrogens is 370 g/mol. The zero-order valence-corrected chi connectivity index (χ0v) is 16.6. The monoisotopic (exact) mass is 395 g/mol. The minimum atomic E-state index is -0.197. The second-order valence-electron chi connectivity index (χ2n) is 6.46. The first-order valence-corrected chi connectivity index (χ1v) is 9.31. The molecule has 29 heavy (non-hydrogen) atoms. The summed E-state index contributed by atoms with van der Waals surface area (Å²) in [5.74, 6) is 1.37. The zero-order valence-electron chi connectivity index (χ0n) is 16.6. The molecule has 3 rings (SSSR count). The first-order chi connectivity index (χ1) is 14.2. The third kappa shape index (κ3) is 5.97. The van der Waals surface area contributed by atoms with E-state index in [2.05, 4.69) is 20.7 Å². The molecule has 2 N–H and O–H groups in total. The van der Waals surface area contributed by atoms with Crippen molar-refractivity contribution in [1.82, 2.24) is 25.4 Å². The number of urea groups is 1. The molecule has 3 aromatic rings. The van der Waals surface area contributed by atoms with Crippen molar-refractivity contribution >= 4 is 6.03 Å². The van der Waals surface area contributed by atoms with E-state index in [1.807, 2.05) is 42.5 Å². The summed E-state index contributed by atoms with van der Waals surface area (Å²) < 4.78 is 12.3. The van der Waals surface area contributed by atoms with Crippen LogP contribution in [0.4, 0.5) is 4.79 Å². The van der Waals surface area contributed by atoms with Crippen molar-refractivity contribution in [3.05, 3.63) is 71.8 Å². The Hall–Kier alpha value is -3.55. The molecule has 0 unspecified atom stereocenters. The number of nitrogens with one attached hydrogen (secondary N) is 2. The maximum atomic E-state index is 12.0. The third-order valence-electron chi connectivity index (χ3n) is 4.43. The molecule has 2 amide bonds. The number of carbonyl (C=O) groups excluding carboxylic acids is 1. The lowest BCUT2D eigenvalue weighted by atomic mass is 10.1. The number of nitrogens with zero attached hydrogens (tertiary/aromatic N) is 3. The average Bonchev–Trinajstić information content (AvgIpc) is 3.26. The smallest absolute Gasteiger partial charge is 0.315 e. The fourth-order valence-electron chi connectivity index (χ4n) is 2.87. The Morgan fingerprint density at radius 2 is 1.69 bits per heavy atom. The fraction of sp³-hybridized carbons (Fsp3) is 0.286. The molecule has 8 heteroatoms. The predicted octanol–water partition coefficient (Wildman–Crippen LogP) is 2.39. The van der Waals surface area contributed by atoms with Gasteiger partial charge in [0.1, 0.15) is 12.7 Å². The molecule has 152 valence electrons. The number of benzene rings is 2. The summed E-state index contributed by atoms with van der Waals surface area (Å²) in [5, 5.41) is 9.83. The Balaban J connectivity index is 1.39. The molecule has 0 fully saturated rings. The number of methoxy groups -OCH3 is 2. The Morgan fingerprint density at radius 1 is 0.966 bits per heavy atom. The maximum absolute atomic E-state index is 12.0. The molecular formula is C21H25N5O3. The summed E-state index contributed by atoms with van der Waals surface area (Å²) in [7, 11) is 3.21. The lowest BCUT2D eigenvalue weighted by molar-refractivity contribution is 0.240. The van der Waals surface area contributed by atoms with Crippen molar-refractivity contribution in [3.63, 3.8) is 0 Å².